The van der Waals surface area contributed by atoms with Crippen LogP contribution in [0.2, 0.25) is 0 Å². The van der Waals surface area contributed by atoms with Gasteiger partial charge in [-0.2, -0.15) is 12.7 Å². The average Bonchev–Trinajstić information content (AvgIpc) is 2.53. The number of rotatable bonds is 2. The predicted octanol–water partition coefficient (Wildman–Crippen LogP) is 0.139. The zero-order valence-electron chi connectivity index (χ0n) is 12.4. The van der Waals surface area contributed by atoms with Crippen molar-refractivity contribution in [1.82, 2.24) is 9.21 Å². The van der Waals surface area contributed by atoms with E-state index in [1.165, 1.54) is 15.4 Å². The van der Waals surface area contributed by atoms with Crippen LogP contribution in [-0.2, 0) is 27.8 Å². The topological polar surface area (TPSA) is 83.7 Å². The molecule has 2 aliphatic rings. The smallest absolute Gasteiger partial charge is 0.277 e. The maximum absolute atomic E-state index is 12.6. The number of aryl methyl sites for hydroxylation is 1. The largest absolute Gasteiger partial charge is 0.340 e. The monoisotopic (exact) mass is 323 g/mol. The number of nitrogens with zero attached hydrogens (tertiary/aromatic N) is 2. The van der Waals surface area contributed by atoms with Gasteiger partial charge in [-0.05, 0) is 30.4 Å². The maximum Gasteiger partial charge on any atom is 0.277 e. The molecule has 1 saturated heterocycles. The number of amides is 1. The normalized spacial score (nSPS) is 23.1. The van der Waals surface area contributed by atoms with Crippen LogP contribution in [0, 0.1) is 5.92 Å². The quantitative estimate of drug-likeness (QED) is 0.840. The number of hydrogen-bond donors (Lipinski definition) is 1. The Morgan fingerprint density at radius 1 is 1.09 bits per heavy atom. The lowest BCUT2D eigenvalue weighted by atomic mass is 9.83. The first-order chi connectivity index (χ1) is 10.4. The second-order valence-corrected chi connectivity index (χ2v) is 7.52. The lowest BCUT2D eigenvalue weighted by molar-refractivity contribution is -0.137. The summed E-state index contributed by atoms with van der Waals surface area (Å²) in [6, 6.07) is 8.26. The third kappa shape index (κ3) is 3.16. The SMILES string of the molecule is NS(=O)(=O)N1CCN(C(=O)[C@H]2CCc3ccccc3C2)CC1. The Labute approximate surface area is 131 Å². The number of benzene rings is 1. The number of carbonyl (C=O) groups excluding carboxylic acids is 1. The summed E-state index contributed by atoms with van der Waals surface area (Å²) >= 11 is 0. The van der Waals surface area contributed by atoms with Crippen molar-refractivity contribution in [3.63, 3.8) is 0 Å². The van der Waals surface area contributed by atoms with Gasteiger partial charge in [-0.25, -0.2) is 5.14 Å². The van der Waals surface area contributed by atoms with E-state index in [1.54, 1.807) is 4.90 Å². The molecule has 2 N–H and O–H groups in total. The first-order valence-electron chi connectivity index (χ1n) is 7.58. The van der Waals surface area contributed by atoms with Crippen LogP contribution in [0.4, 0.5) is 0 Å². The highest BCUT2D eigenvalue weighted by atomic mass is 32.2. The van der Waals surface area contributed by atoms with Crippen molar-refractivity contribution in [1.29, 1.82) is 0 Å². The molecule has 6 nitrogen and oxygen atoms in total. The lowest BCUT2D eigenvalue weighted by Crippen LogP contribution is -2.53. The Morgan fingerprint density at radius 3 is 2.36 bits per heavy atom. The van der Waals surface area contributed by atoms with Crippen molar-refractivity contribution < 1.29 is 13.2 Å². The third-order valence-corrected chi connectivity index (χ3v) is 5.69. The van der Waals surface area contributed by atoms with E-state index < -0.39 is 10.2 Å². The Morgan fingerprint density at radius 2 is 1.73 bits per heavy atom. The molecular formula is C15H21N3O3S. The van der Waals surface area contributed by atoms with Gasteiger partial charge in [-0.3, -0.25) is 4.79 Å². The zero-order valence-corrected chi connectivity index (χ0v) is 13.3. The lowest BCUT2D eigenvalue weighted by Gasteiger charge is -2.36. The molecule has 120 valence electrons. The van der Waals surface area contributed by atoms with Gasteiger partial charge in [0, 0.05) is 32.1 Å². The second-order valence-electron chi connectivity index (χ2n) is 5.98. The first kappa shape index (κ1) is 15.5. The predicted molar refractivity (Wildman–Crippen MR) is 83.2 cm³/mol. The maximum atomic E-state index is 12.6. The molecule has 0 unspecified atom stereocenters. The van der Waals surface area contributed by atoms with Crippen molar-refractivity contribution in [2.45, 2.75) is 19.3 Å². The minimum absolute atomic E-state index is 0.0101. The summed E-state index contributed by atoms with van der Waals surface area (Å²) in [7, 11) is -3.64. The molecule has 1 atom stereocenters. The van der Waals surface area contributed by atoms with Crippen molar-refractivity contribution in [3.05, 3.63) is 35.4 Å². The standard InChI is InChI=1S/C15H21N3O3S/c16-22(20,21)18-9-7-17(8-10-18)15(19)14-6-5-12-3-1-2-4-13(12)11-14/h1-4,14H,5-11H2,(H2,16,20,21)/t14-/m0/s1. The summed E-state index contributed by atoms with van der Waals surface area (Å²) < 4.78 is 23.8. The van der Waals surface area contributed by atoms with Crippen LogP contribution >= 0.6 is 0 Å². The van der Waals surface area contributed by atoms with E-state index in [2.05, 4.69) is 12.1 Å². The second kappa shape index (κ2) is 5.98. The number of nitrogens with two attached hydrogens (primary N) is 1. The van der Waals surface area contributed by atoms with Crippen LogP contribution in [-0.4, -0.2) is 49.7 Å². The van der Waals surface area contributed by atoms with Crippen LogP contribution in [0.25, 0.3) is 0 Å². The molecule has 1 heterocycles. The van der Waals surface area contributed by atoms with Crippen LogP contribution in [0.1, 0.15) is 17.5 Å². The summed E-state index contributed by atoms with van der Waals surface area (Å²) in [6.07, 6.45) is 2.58. The van der Waals surface area contributed by atoms with Crippen molar-refractivity contribution in [3.8, 4) is 0 Å². The molecule has 0 radical (unpaired) electrons. The van der Waals surface area contributed by atoms with Gasteiger partial charge < -0.3 is 4.90 Å². The van der Waals surface area contributed by atoms with Gasteiger partial charge in [-0.15, -0.1) is 0 Å². The molecule has 0 bridgehead atoms. The summed E-state index contributed by atoms with van der Waals surface area (Å²) in [5, 5.41) is 5.12. The molecule has 1 amide bonds. The van der Waals surface area contributed by atoms with Crippen LogP contribution in [0.3, 0.4) is 0 Å². The minimum atomic E-state index is -3.64. The fourth-order valence-electron chi connectivity index (χ4n) is 3.33. The van der Waals surface area contributed by atoms with Gasteiger partial charge in [0.1, 0.15) is 0 Å². The van der Waals surface area contributed by atoms with Gasteiger partial charge in [-0.1, -0.05) is 24.3 Å². The average molecular weight is 323 g/mol. The number of hydrogen-bond acceptors (Lipinski definition) is 3. The third-order valence-electron chi connectivity index (χ3n) is 4.61. The fraction of sp³-hybridized carbons (Fsp3) is 0.533. The van der Waals surface area contributed by atoms with Gasteiger partial charge >= 0.3 is 0 Å². The molecule has 0 aromatic heterocycles. The summed E-state index contributed by atoms with van der Waals surface area (Å²) in [5.41, 5.74) is 2.60. The molecule has 3 rings (SSSR count). The zero-order chi connectivity index (χ0) is 15.7. The van der Waals surface area contributed by atoms with Gasteiger partial charge in [0.15, 0.2) is 0 Å². The first-order valence-corrected chi connectivity index (χ1v) is 9.09. The van der Waals surface area contributed by atoms with Gasteiger partial charge in [0.05, 0.1) is 0 Å². The summed E-state index contributed by atoms with van der Waals surface area (Å²) in [6.45, 7) is 1.42. The highest BCUT2D eigenvalue weighted by molar-refractivity contribution is 7.86. The van der Waals surface area contributed by atoms with Gasteiger partial charge in [0.25, 0.3) is 10.2 Å². The van der Waals surface area contributed by atoms with Crippen LogP contribution in [0.5, 0.6) is 0 Å². The Kier molecular flexibility index (Phi) is 4.20. The molecule has 7 heteroatoms. The molecule has 0 spiro atoms. The molecule has 1 aromatic carbocycles. The molecule has 0 saturated carbocycles. The molecule has 1 fully saturated rings. The fourth-order valence-corrected chi connectivity index (χ4v) is 4.00. The van der Waals surface area contributed by atoms with Crippen molar-refractivity contribution in [2.24, 2.45) is 11.1 Å². The van der Waals surface area contributed by atoms with E-state index in [0.29, 0.717) is 13.1 Å². The van der Waals surface area contributed by atoms with E-state index in [0.717, 1.165) is 19.3 Å². The minimum Gasteiger partial charge on any atom is -0.340 e. The van der Waals surface area contributed by atoms with E-state index in [-0.39, 0.29) is 24.9 Å². The highest BCUT2D eigenvalue weighted by Crippen LogP contribution is 2.27. The number of piperazine rings is 1. The van der Waals surface area contributed by atoms with E-state index >= 15 is 0 Å². The van der Waals surface area contributed by atoms with Crippen LogP contribution in [0.15, 0.2) is 24.3 Å². The molecule has 1 aliphatic heterocycles. The summed E-state index contributed by atoms with van der Waals surface area (Å²) in [4.78, 5) is 14.4. The van der Waals surface area contributed by atoms with E-state index in [1.807, 2.05) is 12.1 Å². The molecular weight excluding hydrogens is 302 g/mol. The van der Waals surface area contributed by atoms with E-state index in [4.69, 9.17) is 5.14 Å². The Hall–Kier alpha value is -1.44. The Bertz CT molecular complexity index is 666. The number of carbonyl (C=O) groups is 1. The van der Waals surface area contributed by atoms with Gasteiger partial charge in [0.2, 0.25) is 5.91 Å². The van der Waals surface area contributed by atoms with E-state index in [9.17, 15) is 13.2 Å². The van der Waals surface area contributed by atoms with Crippen molar-refractivity contribution in [2.75, 3.05) is 26.2 Å². The van der Waals surface area contributed by atoms with Crippen molar-refractivity contribution >= 4 is 16.1 Å². The summed E-state index contributed by atoms with van der Waals surface area (Å²) in [5.74, 6) is 0.152. The Balaban J connectivity index is 1.62. The number of fused-ring (bicyclic) bond motifs is 1. The van der Waals surface area contributed by atoms with Crippen LogP contribution < -0.4 is 5.14 Å². The highest BCUT2D eigenvalue weighted by Gasteiger charge is 2.32. The molecule has 1 aliphatic carbocycles. The molecule has 22 heavy (non-hydrogen) atoms. The molecule has 1 aromatic rings.